The quantitative estimate of drug-likeness (QED) is 0.374. The molecule has 0 spiro atoms. The van der Waals surface area contributed by atoms with Gasteiger partial charge in [-0.2, -0.15) is 0 Å². The molecule has 2 rings (SSSR count). The Morgan fingerprint density at radius 1 is 1.44 bits per heavy atom. The lowest BCUT2D eigenvalue weighted by molar-refractivity contribution is -0.388. The maximum Gasteiger partial charge on any atom is 0.319 e. The van der Waals surface area contributed by atoms with Crippen molar-refractivity contribution >= 4 is 29.1 Å². The van der Waals surface area contributed by atoms with Crippen LogP contribution in [-0.2, 0) is 0 Å². The van der Waals surface area contributed by atoms with Crippen LogP contribution in [0.15, 0.2) is 40.4 Å². The van der Waals surface area contributed by atoms with Crippen LogP contribution >= 0.6 is 23.4 Å². The number of halogens is 2. The van der Waals surface area contributed by atoms with Gasteiger partial charge in [0, 0.05) is 4.90 Å². The van der Waals surface area contributed by atoms with Gasteiger partial charge in [0.1, 0.15) is 12.0 Å². The number of aromatic nitrogens is 2. The molecule has 0 fully saturated rings. The lowest BCUT2D eigenvalue weighted by atomic mass is 10.4. The first-order chi connectivity index (χ1) is 8.56. The van der Waals surface area contributed by atoms with Crippen LogP contribution in [-0.4, -0.2) is 14.9 Å². The van der Waals surface area contributed by atoms with Gasteiger partial charge in [0.2, 0.25) is 5.28 Å². The summed E-state index contributed by atoms with van der Waals surface area (Å²) in [6.07, 6.45) is 1.02. The van der Waals surface area contributed by atoms with Crippen LogP contribution in [0.2, 0.25) is 5.28 Å². The minimum Gasteiger partial charge on any atom is -0.258 e. The summed E-state index contributed by atoms with van der Waals surface area (Å²) in [7, 11) is 0. The van der Waals surface area contributed by atoms with Crippen molar-refractivity contribution in [2.75, 3.05) is 0 Å². The van der Waals surface area contributed by atoms with Crippen LogP contribution in [0.3, 0.4) is 0 Å². The van der Waals surface area contributed by atoms with Gasteiger partial charge in [0.15, 0.2) is 5.03 Å². The number of benzene rings is 1. The zero-order chi connectivity index (χ0) is 13.1. The van der Waals surface area contributed by atoms with Crippen molar-refractivity contribution in [3.05, 3.63) is 51.7 Å². The van der Waals surface area contributed by atoms with E-state index in [0.29, 0.717) is 4.90 Å². The van der Waals surface area contributed by atoms with Crippen LogP contribution in [0.1, 0.15) is 0 Å². The van der Waals surface area contributed by atoms with Crippen molar-refractivity contribution in [3.63, 3.8) is 0 Å². The average molecular weight is 286 g/mol. The Bertz CT molecular complexity index is 611. The van der Waals surface area contributed by atoms with Crippen molar-refractivity contribution in [1.29, 1.82) is 0 Å². The fraction of sp³-hybridized carbons (Fsp3) is 0. The fourth-order valence-corrected chi connectivity index (χ4v) is 2.27. The van der Waals surface area contributed by atoms with Gasteiger partial charge < -0.3 is 0 Å². The average Bonchev–Trinajstić information content (AvgIpc) is 2.28. The molecular weight excluding hydrogens is 281 g/mol. The SMILES string of the molecule is O=[N+]([O-])c1cnc(Cl)nc1Sc1cccc(F)c1. The summed E-state index contributed by atoms with van der Waals surface area (Å²) in [4.78, 5) is 18.0. The van der Waals surface area contributed by atoms with Gasteiger partial charge in [-0.05, 0) is 29.8 Å². The van der Waals surface area contributed by atoms with E-state index in [1.807, 2.05) is 0 Å². The second kappa shape index (κ2) is 5.28. The molecule has 0 aliphatic rings. The minimum atomic E-state index is -0.613. The molecule has 1 aromatic carbocycles. The molecule has 8 heteroatoms. The summed E-state index contributed by atoms with van der Waals surface area (Å²) < 4.78 is 13.0. The molecule has 92 valence electrons. The van der Waals surface area contributed by atoms with E-state index in [9.17, 15) is 14.5 Å². The smallest absolute Gasteiger partial charge is 0.258 e. The lowest BCUT2D eigenvalue weighted by Crippen LogP contribution is -1.95. The predicted octanol–water partition coefficient (Wildman–Crippen LogP) is 3.33. The zero-order valence-corrected chi connectivity index (χ0v) is 10.3. The van der Waals surface area contributed by atoms with Crippen LogP contribution < -0.4 is 0 Å². The van der Waals surface area contributed by atoms with Gasteiger partial charge in [-0.25, -0.2) is 14.4 Å². The van der Waals surface area contributed by atoms with Gasteiger partial charge in [-0.1, -0.05) is 17.8 Å². The van der Waals surface area contributed by atoms with Gasteiger partial charge in [0.25, 0.3) is 0 Å². The summed E-state index contributed by atoms with van der Waals surface area (Å²) in [6, 6.07) is 5.66. The van der Waals surface area contributed by atoms with Crippen LogP contribution in [0, 0.1) is 15.9 Å². The second-order valence-electron chi connectivity index (χ2n) is 3.15. The molecule has 0 saturated heterocycles. The Morgan fingerprint density at radius 2 is 2.22 bits per heavy atom. The zero-order valence-electron chi connectivity index (χ0n) is 8.71. The molecule has 0 N–H and O–H groups in total. The van der Waals surface area contributed by atoms with E-state index >= 15 is 0 Å². The Kier molecular flexibility index (Phi) is 3.73. The van der Waals surface area contributed by atoms with Crippen molar-refractivity contribution < 1.29 is 9.31 Å². The summed E-state index contributed by atoms with van der Waals surface area (Å²) in [6.45, 7) is 0. The van der Waals surface area contributed by atoms with Crippen LogP contribution in [0.25, 0.3) is 0 Å². The second-order valence-corrected chi connectivity index (χ2v) is 4.55. The minimum absolute atomic E-state index is 0.0746. The molecule has 0 bridgehead atoms. The number of nitrogens with zero attached hydrogens (tertiary/aromatic N) is 3. The Balaban J connectivity index is 2.39. The standard InChI is InChI=1S/C10H5ClFN3O2S/c11-10-13-5-8(15(16)17)9(14-10)18-7-3-1-2-6(12)4-7/h1-5H. The van der Waals surface area contributed by atoms with Crippen LogP contribution in [0.4, 0.5) is 10.1 Å². The van der Waals surface area contributed by atoms with E-state index in [2.05, 4.69) is 9.97 Å². The number of hydrogen-bond acceptors (Lipinski definition) is 5. The Hall–Kier alpha value is -1.73. The number of rotatable bonds is 3. The molecule has 1 heterocycles. The molecule has 18 heavy (non-hydrogen) atoms. The number of nitro groups is 1. The maximum absolute atomic E-state index is 13.0. The first-order valence-electron chi connectivity index (χ1n) is 4.66. The van der Waals surface area contributed by atoms with Gasteiger partial charge >= 0.3 is 5.69 Å². The molecule has 0 unspecified atom stereocenters. The van der Waals surface area contributed by atoms with E-state index in [-0.39, 0.29) is 16.0 Å². The monoisotopic (exact) mass is 285 g/mol. The summed E-state index contributed by atoms with van der Waals surface area (Å²) >= 11 is 6.54. The van der Waals surface area contributed by atoms with Gasteiger partial charge in [-0.15, -0.1) is 0 Å². The van der Waals surface area contributed by atoms with Gasteiger partial charge in [-0.3, -0.25) is 10.1 Å². The van der Waals surface area contributed by atoms with Crippen molar-refractivity contribution in [3.8, 4) is 0 Å². The highest BCUT2D eigenvalue weighted by Gasteiger charge is 2.18. The molecule has 0 saturated carbocycles. The predicted molar refractivity (Wildman–Crippen MR) is 64.2 cm³/mol. The first-order valence-corrected chi connectivity index (χ1v) is 5.86. The number of hydrogen-bond donors (Lipinski definition) is 0. The van der Waals surface area contributed by atoms with E-state index in [4.69, 9.17) is 11.6 Å². The van der Waals surface area contributed by atoms with Crippen molar-refractivity contribution in [1.82, 2.24) is 9.97 Å². The molecule has 1 aromatic heterocycles. The third-order valence-corrected chi connectivity index (χ3v) is 3.08. The highest BCUT2D eigenvalue weighted by Crippen LogP contribution is 2.33. The molecule has 5 nitrogen and oxygen atoms in total. The summed E-state index contributed by atoms with van der Waals surface area (Å²) in [5, 5.41) is 10.8. The molecule has 0 radical (unpaired) electrons. The molecule has 0 amide bonds. The van der Waals surface area contributed by atoms with E-state index in [1.165, 1.54) is 18.2 Å². The normalized spacial score (nSPS) is 10.3. The Morgan fingerprint density at radius 3 is 2.89 bits per heavy atom. The van der Waals surface area contributed by atoms with Gasteiger partial charge in [0.05, 0.1) is 4.92 Å². The third kappa shape index (κ3) is 2.93. The van der Waals surface area contributed by atoms with Crippen molar-refractivity contribution in [2.24, 2.45) is 0 Å². The highest BCUT2D eigenvalue weighted by atomic mass is 35.5. The van der Waals surface area contributed by atoms with E-state index in [0.717, 1.165) is 18.0 Å². The lowest BCUT2D eigenvalue weighted by Gasteiger charge is -2.02. The summed E-state index contributed by atoms with van der Waals surface area (Å²) in [5.74, 6) is -0.428. The molecule has 2 aromatic rings. The van der Waals surface area contributed by atoms with E-state index in [1.54, 1.807) is 6.07 Å². The molecular formula is C10H5ClFN3O2S. The topological polar surface area (TPSA) is 68.9 Å². The maximum atomic E-state index is 13.0. The molecule has 0 aliphatic heterocycles. The Labute approximate surface area is 110 Å². The fourth-order valence-electron chi connectivity index (χ4n) is 1.18. The third-order valence-electron chi connectivity index (χ3n) is 1.91. The molecule has 0 aliphatic carbocycles. The highest BCUT2D eigenvalue weighted by molar-refractivity contribution is 7.99. The first kappa shape index (κ1) is 12.7. The van der Waals surface area contributed by atoms with Crippen molar-refractivity contribution in [2.45, 2.75) is 9.92 Å². The van der Waals surface area contributed by atoms with E-state index < -0.39 is 10.7 Å². The summed E-state index contributed by atoms with van der Waals surface area (Å²) in [5.41, 5.74) is -0.270. The van der Waals surface area contributed by atoms with Crippen LogP contribution in [0.5, 0.6) is 0 Å². The largest absolute Gasteiger partial charge is 0.319 e. The molecule has 0 atom stereocenters.